The van der Waals surface area contributed by atoms with E-state index in [0.717, 1.165) is 5.56 Å². The molecule has 0 bridgehead atoms. The molecule has 1 saturated heterocycles. The van der Waals surface area contributed by atoms with E-state index in [1.165, 1.54) is 0 Å². The normalized spacial score (nSPS) is 32.0. The molecule has 0 aliphatic carbocycles. The molecule has 3 N–H and O–H groups in total. The van der Waals surface area contributed by atoms with Crippen LogP contribution in [0.15, 0.2) is 30.3 Å². The molecule has 1 aromatic carbocycles. The van der Waals surface area contributed by atoms with Gasteiger partial charge in [0.15, 0.2) is 0 Å². The van der Waals surface area contributed by atoms with Crippen LogP contribution in [0, 0.1) is 0 Å². The Bertz CT molecular complexity index is 301. The van der Waals surface area contributed by atoms with Crippen LogP contribution >= 0.6 is 0 Å². The lowest BCUT2D eigenvalue weighted by molar-refractivity contribution is 0.146. The van der Waals surface area contributed by atoms with E-state index in [1.807, 2.05) is 30.3 Å². The molecule has 1 heterocycles. The highest BCUT2D eigenvalue weighted by molar-refractivity contribution is 5.26. The van der Waals surface area contributed by atoms with Gasteiger partial charge in [0.2, 0.25) is 0 Å². The van der Waals surface area contributed by atoms with Gasteiger partial charge in [-0.25, -0.2) is 0 Å². The van der Waals surface area contributed by atoms with Crippen LogP contribution in [-0.4, -0.2) is 29.5 Å². The number of rotatable bonds is 2. The van der Waals surface area contributed by atoms with Crippen molar-refractivity contribution in [2.45, 2.75) is 18.1 Å². The Labute approximate surface area is 83.4 Å². The Balaban J connectivity index is 2.30. The van der Waals surface area contributed by atoms with Crippen molar-refractivity contribution in [3.8, 4) is 0 Å². The first-order valence-electron chi connectivity index (χ1n) is 4.86. The fourth-order valence-corrected chi connectivity index (χ4v) is 2.05. The maximum Gasteiger partial charge on any atom is 0.0695 e. The molecule has 14 heavy (non-hydrogen) atoms. The van der Waals surface area contributed by atoms with Gasteiger partial charge >= 0.3 is 0 Å². The zero-order chi connectivity index (χ0) is 10.0. The highest BCUT2D eigenvalue weighted by atomic mass is 16.3. The van der Waals surface area contributed by atoms with Gasteiger partial charge in [0.25, 0.3) is 0 Å². The summed E-state index contributed by atoms with van der Waals surface area (Å²) in [7, 11) is 0. The third-order valence-electron chi connectivity index (χ3n) is 2.86. The molecule has 1 aromatic rings. The van der Waals surface area contributed by atoms with Crippen molar-refractivity contribution in [2.24, 2.45) is 0 Å². The molecule has 3 nitrogen and oxygen atoms in total. The van der Waals surface area contributed by atoms with Gasteiger partial charge in [-0.05, 0) is 12.0 Å². The lowest BCUT2D eigenvalue weighted by Crippen LogP contribution is -2.40. The van der Waals surface area contributed by atoms with Crippen LogP contribution < -0.4 is 5.32 Å². The largest absolute Gasteiger partial charge is 0.394 e. The number of aliphatic hydroxyl groups is 2. The number of hydrogen-bond acceptors (Lipinski definition) is 3. The molecule has 0 radical (unpaired) electrons. The Hall–Kier alpha value is -0.900. The number of benzene rings is 1. The molecule has 0 spiro atoms. The summed E-state index contributed by atoms with van der Waals surface area (Å²) < 4.78 is 0. The van der Waals surface area contributed by atoms with Crippen molar-refractivity contribution < 1.29 is 10.2 Å². The zero-order valence-corrected chi connectivity index (χ0v) is 7.98. The maximum absolute atomic E-state index is 9.48. The monoisotopic (exact) mass is 193 g/mol. The van der Waals surface area contributed by atoms with E-state index in [9.17, 15) is 10.2 Å². The van der Waals surface area contributed by atoms with Gasteiger partial charge in [-0.2, -0.15) is 0 Å². The van der Waals surface area contributed by atoms with E-state index in [1.54, 1.807) is 0 Å². The lowest BCUT2D eigenvalue weighted by atomic mass is 9.89. The van der Waals surface area contributed by atoms with Crippen LogP contribution in [-0.2, 0) is 5.54 Å². The van der Waals surface area contributed by atoms with E-state index in [-0.39, 0.29) is 12.7 Å². The van der Waals surface area contributed by atoms with Crippen molar-refractivity contribution in [2.75, 3.05) is 13.2 Å². The first kappa shape index (κ1) is 9.65. The minimum absolute atomic E-state index is 0.0219. The average molecular weight is 193 g/mol. The van der Waals surface area contributed by atoms with Gasteiger partial charge in [0.05, 0.1) is 18.2 Å². The predicted octanol–water partition coefficient (Wildman–Crippen LogP) is 0.228. The molecule has 0 aromatic heterocycles. The second-order valence-corrected chi connectivity index (χ2v) is 3.85. The van der Waals surface area contributed by atoms with Gasteiger partial charge in [-0.1, -0.05) is 30.3 Å². The Kier molecular flexibility index (Phi) is 2.54. The lowest BCUT2D eigenvalue weighted by Gasteiger charge is -2.27. The van der Waals surface area contributed by atoms with Crippen LogP contribution in [0.25, 0.3) is 0 Å². The summed E-state index contributed by atoms with van der Waals surface area (Å²) in [6, 6.07) is 9.78. The predicted molar refractivity (Wildman–Crippen MR) is 53.8 cm³/mol. The summed E-state index contributed by atoms with van der Waals surface area (Å²) in [5.74, 6) is 0. The van der Waals surface area contributed by atoms with E-state index >= 15 is 0 Å². The van der Waals surface area contributed by atoms with Crippen LogP contribution in [0.2, 0.25) is 0 Å². The number of β-amino-alcohol motifs (C(OH)–C–C–N with tert-alkyl or cyclic N) is 1. The molecular formula is C11H15NO2. The minimum Gasteiger partial charge on any atom is -0.394 e. The standard InChI is InChI=1S/C11H15NO2/c13-8-11(6-10(14)7-12-11)9-4-2-1-3-5-9/h1-5,10,12-14H,6-8H2/t10?,11-/m1/s1. The minimum atomic E-state index is -0.444. The quantitative estimate of drug-likeness (QED) is 0.630. The highest BCUT2D eigenvalue weighted by Crippen LogP contribution is 2.30. The van der Waals surface area contributed by atoms with Crippen molar-refractivity contribution in [3.63, 3.8) is 0 Å². The van der Waals surface area contributed by atoms with E-state index in [2.05, 4.69) is 5.32 Å². The molecule has 1 aliphatic heterocycles. The van der Waals surface area contributed by atoms with Crippen LogP contribution in [0.4, 0.5) is 0 Å². The molecule has 1 aliphatic rings. The summed E-state index contributed by atoms with van der Waals surface area (Å²) in [6.45, 7) is 0.573. The fourth-order valence-electron chi connectivity index (χ4n) is 2.05. The Morgan fingerprint density at radius 2 is 2.07 bits per heavy atom. The topological polar surface area (TPSA) is 52.5 Å². The summed E-state index contributed by atoms with van der Waals surface area (Å²) in [6.07, 6.45) is 0.218. The van der Waals surface area contributed by atoms with E-state index in [0.29, 0.717) is 13.0 Å². The van der Waals surface area contributed by atoms with Crippen LogP contribution in [0.3, 0.4) is 0 Å². The third-order valence-corrected chi connectivity index (χ3v) is 2.86. The summed E-state index contributed by atoms with van der Waals surface area (Å²) >= 11 is 0. The van der Waals surface area contributed by atoms with E-state index in [4.69, 9.17) is 0 Å². The number of aliphatic hydroxyl groups excluding tert-OH is 2. The van der Waals surface area contributed by atoms with Gasteiger partial charge in [0, 0.05) is 6.54 Å². The molecule has 3 heteroatoms. The summed E-state index contributed by atoms with van der Waals surface area (Å²) in [5.41, 5.74) is 0.597. The smallest absolute Gasteiger partial charge is 0.0695 e. The molecule has 1 fully saturated rings. The molecule has 0 saturated carbocycles. The molecule has 2 rings (SSSR count). The van der Waals surface area contributed by atoms with E-state index < -0.39 is 5.54 Å². The van der Waals surface area contributed by atoms with Crippen molar-refractivity contribution in [1.29, 1.82) is 0 Å². The SMILES string of the molecule is OC[C@@]1(c2ccccc2)CC(O)CN1. The molecular weight excluding hydrogens is 178 g/mol. The van der Waals surface area contributed by atoms with Crippen LogP contribution in [0.5, 0.6) is 0 Å². The van der Waals surface area contributed by atoms with Crippen LogP contribution in [0.1, 0.15) is 12.0 Å². The average Bonchev–Trinajstić information content (AvgIpc) is 2.63. The maximum atomic E-state index is 9.48. The molecule has 1 unspecified atom stereocenters. The van der Waals surface area contributed by atoms with Crippen molar-refractivity contribution in [3.05, 3.63) is 35.9 Å². The third kappa shape index (κ3) is 1.54. The highest BCUT2D eigenvalue weighted by Gasteiger charge is 2.38. The summed E-state index contributed by atoms with van der Waals surface area (Å²) in [4.78, 5) is 0. The first-order chi connectivity index (χ1) is 6.77. The fraction of sp³-hybridized carbons (Fsp3) is 0.455. The number of hydrogen-bond donors (Lipinski definition) is 3. The van der Waals surface area contributed by atoms with Crippen molar-refractivity contribution in [1.82, 2.24) is 5.32 Å². The molecule has 76 valence electrons. The molecule has 2 atom stereocenters. The van der Waals surface area contributed by atoms with Gasteiger partial charge < -0.3 is 15.5 Å². The van der Waals surface area contributed by atoms with Gasteiger partial charge in [-0.3, -0.25) is 0 Å². The van der Waals surface area contributed by atoms with Gasteiger partial charge in [0.1, 0.15) is 0 Å². The first-order valence-corrected chi connectivity index (χ1v) is 4.86. The zero-order valence-electron chi connectivity index (χ0n) is 7.98. The Morgan fingerprint density at radius 1 is 1.36 bits per heavy atom. The number of nitrogens with one attached hydrogen (secondary N) is 1. The Morgan fingerprint density at radius 3 is 2.57 bits per heavy atom. The molecule has 0 amide bonds. The second-order valence-electron chi connectivity index (χ2n) is 3.85. The summed E-state index contributed by atoms with van der Waals surface area (Å²) in [5, 5.41) is 22.1. The van der Waals surface area contributed by atoms with Gasteiger partial charge in [-0.15, -0.1) is 0 Å². The van der Waals surface area contributed by atoms with Crippen molar-refractivity contribution >= 4 is 0 Å². The second kappa shape index (κ2) is 3.69.